The minimum atomic E-state index is -4.75. The normalized spacial score (nSPS) is 12.2. The smallest absolute Gasteiger partial charge is 0.360 e. The van der Waals surface area contributed by atoms with Crippen molar-refractivity contribution in [2.75, 3.05) is 10.6 Å². The molecule has 2 aromatic carbocycles. The molecular formula is C18H11F6N3O. The van der Waals surface area contributed by atoms with Crippen molar-refractivity contribution < 1.29 is 31.1 Å². The zero-order chi connectivity index (χ0) is 20.9. The van der Waals surface area contributed by atoms with E-state index >= 15 is 0 Å². The van der Waals surface area contributed by atoms with E-state index in [9.17, 15) is 31.1 Å². The van der Waals surface area contributed by atoms with E-state index in [-0.39, 0.29) is 0 Å². The molecule has 4 nitrogen and oxygen atoms in total. The standard InChI is InChI=1S/C18H11F6N3O/c19-17(20,21)12-5-1-3-7-14(12)26-10-11(9-25)16(28)27-15-8-4-2-6-13(15)18(22,23)24/h1-8,10,26H,(H,27,28)/b11-10-. The average Bonchev–Trinajstić information content (AvgIpc) is 2.61. The number of hydrogen-bond donors (Lipinski definition) is 2. The number of nitriles is 1. The molecule has 0 aliphatic carbocycles. The highest BCUT2D eigenvalue weighted by atomic mass is 19.4. The van der Waals surface area contributed by atoms with Gasteiger partial charge in [0.25, 0.3) is 5.91 Å². The van der Waals surface area contributed by atoms with Gasteiger partial charge < -0.3 is 10.6 Å². The van der Waals surface area contributed by atoms with Gasteiger partial charge in [0.2, 0.25) is 0 Å². The first kappa shape index (κ1) is 20.8. The van der Waals surface area contributed by atoms with E-state index in [1.807, 2.05) is 5.32 Å². The van der Waals surface area contributed by atoms with E-state index in [0.29, 0.717) is 6.20 Å². The monoisotopic (exact) mass is 399 g/mol. The molecule has 0 aromatic heterocycles. The summed E-state index contributed by atoms with van der Waals surface area (Å²) < 4.78 is 77.7. The molecule has 0 bridgehead atoms. The number of hydrogen-bond acceptors (Lipinski definition) is 3. The number of para-hydroxylation sites is 2. The Kier molecular flexibility index (Phi) is 5.98. The molecule has 2 rings (SSSR count). The molecule has 146 valence electrons. The third kappa shape index (κ3) is 5.03. The number of anilines is 2. The maximum atomic E-state index is 13.0. The number of halogens is 6. The van der Waals surface area contributed by atoms with Gasteiger partial charge in [-0.15, -0.1) is 0 Å². The Labute approximate surface area is 155 Å². The van der Waals surface area contributed by atoms with Crippen molar-refractivity contribution in [3.8, 4) is 6.07 Å². The van der Waals surface area contributed by atoms with Gasteiger partial charge in [-0.1, -0.05) is 24.3 Å². The van der Waals surface area contributed by atoms with Crippen molar-refractivity contribution >= 4 is 17.3 Å². The summed E-state index contributed by atoms with van der Waals surface area (Å²) >= 11 is 0. The first-order valence-corrected chi connectivity index (χ1v) is 7.54. The molecule has 1 amide bonds. The van der Waals surface area contributed by atoms with Crippen molar-refractivity contribution in [1.82, 2.24) is 0 Å². The number of carbonyl (C=O) groups is 1. The van der Waals surface area contributed by atoms with E-state index in [1.54, 1.807) is 0 Å². The van der Waals surface area contributed by atoms with Crippen LogP contribution < -0.4 is 10.6 Å². The van der Waals surface area contributed by atoms with Gasteiger partial charge in [-0.25, -0.2) is 0 Å². The van der Waals surface area contributed by atoms with Crippen molar-refractivity contribution in [1.29, 1.82) is 5.26 Å². The highest BCUT2D eigenvalue weighted by Crippen LogP contribution is 2.35. The largest absolute Gasteiger partial charge is 0.418 e. The van der Waals surface area contributed by atoms with Crippen LogP contribution in [-0.2, 0) is 17.1 Å². The molecule has 0 heterocycles. The summed E-state index contributed by atoms with van der Waals surface area (Å²) in [6.07, 6.45) is -8.74. The fourth-order valence-corrected chi connectivity index (χ4v) is 2.18. The molecule has 2 N–H and O–H groups in total. The first-order valence-electron chi connectivity index (χ1n) is 7.54. The predicted octanol–water partition coefficient (Wildman–Crippen LogP) is 5.18. The minimum absolute atomic E-state index is 0.425. The van der Waals surface area contributed by atoms with Crippen LogP contribution in [-0.4, -0.2) is 5.91 Å². The molecular weight excluding hydrogens is 388 g/mol. The molecule has 0 aliphatic rings. The number of nitrogens with one attached hydrogen (secondary N) is 2. The summed E-state index contributed by atoms with van der Waals surface area (Å²) in [5, 5.41) is 13.2. The number of carbonyl (C=O) groups excluding carboxylic acids is 1. The summed E-state index contributed by atoms with van der Waals surface area (Å²) in [5.41, 5.74) is -3.89. The summed E-state index contributed by atoms with van der Waals surface area (Å²) in [6.45, 7) is 0. The van der Waals surface area contributed by atoms with Gasteiger partial charge >= 0.3 is 12.4 Å². The third-order valence-corrected chi connectivity index (χ3v) is 3.45. The van der Waals surface area contributed by atoms with E-state index in [4.69, 9.17) is 5.26 Å². The van der Waals surface area contributed by atoms with Gasteiger partial charge in [0.15, 0.2) is 0 Å². The number of benzene rings is 2. The van der Waals surface area contributed by atoms with Crippen molar-refractivity contribution in [3.05, 3.63) is 71.4 Å². The quantitative estimate of drug-likeness (QED) is 0.423. The van der Waals surface area contributed by atoms with Crippen LogP contribution >= 0.6 is 0 Å². The van der Waals surface area contributed by atoms with Gasteiger partial charge in [-0.2, -0.15) is 31.6 Å². The summed E-state index contributed by atoms with van der Waals surface area (Å²) in [7, 11) is 0. The summed E-state index contributed by atoms with van der Waals surface area (Å²) in [6, 6.07) is 9.86. The number of amides is 1. The van der Waals surface area contributed by atoms with E-state index in [2.05, 4.69) is 5.32 Å². The lowest BCUT2D eigenvalue weighted by Gasteiger charge is -2.14. The van der Waals surface area contributed by atoms with Gasteiger partial charge in [-0.05, 0) is 24.3 Å². The van der Waals surface area contributed by atoms with Gasteiger partial charge in [0.05, 0.1) is 22.5 Å². The summed E-state index contributed by atoms with van der Waals surface area (Å²) in [4.78, 5) is 12.1. The lowest BCUT2D eigenvalue weighted by molar-refractivity contribution is -0.137. The summed E-state index contributed by atoms with van der Waals surface area (Å²) in [5.74, 6) is -1.21. The fraction of sp³-hybridized carbons (Fsp3) is 0.111. The molecule has 2 aromatic rings. The zero-order valence-corrected chi connectivity index (χ0v) is 13.8. The molecule has 0 fully saturated rings. The third-order valence-electron chi connectivity index (χ3n) is 3.45. The van der Waals surface area contributed by atoms with Gasteiger partial charge in [0, 0.05) is 6.20 Å². The van der Waals surface area contributed by atoms with Crippen LogP contribution in [0.4, 0.5) is 37.7 Å². The second kappa shape index (κ2) is 8.04. The molecule has 0 aliphatic heterocycles. The lowest BCUT2D eigenvalue weighted by atomic mass is 10.1. The maximum absolute atomic E-state index is 13.0. The Balaban J connectivity index is 2.26. The van der Waals surface area contributed by atoms with Crippen LogP contribution in [0.1, 0.15) is 11.1 Å². The number of rotatable bonds is 4. The Morgan fingerprint density at radius 1 is 0.857 bits per heavy atom. The SMILES string of the molecule is N#C/C(=C/Nc1ccccc1C(F)(F)F)C(=O)Nc1ccccc1C(F)(F)F. The Hall–Kier alpha value is -3.48. The van der Waals surface area contributed by atoms with Crippen LogP contribution in [0.25, 0.3) is 0 Å². The van der Waals surface area contributed by atoms with Crippen LogP contribution in [0, 0.1) is 11.3 Å². The average molecular weight is 399 g/mol. The highest BCUT2D eigenvalue weighted by Gasteiger charge is 2.34. The molecule has 10 heteroatoms. The van der Waals surface area contributed by atoms with Crippen LogP contribution in [0.2, 0.25) is 0 Å². The molecule has 28 heavy (non-hydrogen) atoms. The minimum Gasteiger partial charge on any atom is -0.360 e. The van der Waals surface area contributed by atoms with E-state index in [0.717, 1.165) is 36.4 Å². The zero-order valence-electron chi connectivity index (χ0n) is 13.8. The Bertz CT molecular complexity index is 941. The van der Waals surface area contributed by atoms with Crippen LogP contribution in [0.15, 0.2) is 60.3 Å². The van der Waals surface area contributed by atoms with Crippen molar-refractivity contribution in [2.45, 2.75) is 12.4 Å². The molecule has 0 radical (unpaired) electrons. The van der Waals surface area contributed by atoms with Crippen LogP contribution in [0.3, 0.4) is 0 Å². The number of alkyl halides is 6. The maximum Gasteiger partial charge on any atom is 0.418 e. The molecule has 0 atom stereocenters. The highest BCUT2D eigenvalue weighted by molar-refractivity contribution is 6.07. The lowest BCUT2D eigenvalue weighted by Crippen LogP contribution is -2.18. The molecule has 0 saturated carbocycles. The van der Waals surface area contributed by atoms with Gasteiger partial charge in [0.1, 0.15) is 11.6 Å². The number of nitrogens with zero attached hydrogens (tertiary/aromatic N) is 1. The van der Waals surface area contributed by atoms with Crippen LogP contribution in [0.5, 0.6) is 0 Å². The van der Waals surface area contributed by atoms with Gasteiger partial charge in [-0.3, -0.25) is 4.79 Å². The van der Waals surface area contributed by atoms with Crippen molar-refractivity contribution in [3.63, 3.8) is 0 Å². The second-order valence-corrected chi connectivity index (χ2v) is 5.35. The van der Waals surface area contributed by atoms with Crippen molar-refractivity contribution in [2.24, 2.45) is 0 Å². The Morgan fingerprint density at radius 2 is 1.32 bits per heavy atom. The molecule has 0 saturated heterocycles. The second-order valence-electron chi connectivity index (χ2n) is 5.35. The predicted molar refractivity (Wildman–Crippen MR) is 88.8 cm³/mol. The molecule has 0 unspecified atom stereocenters. The first-order chi connectivity index (χ1) is 13.0. The molecule has 0 spiro atoms. The van der Waals surface area contributed by atoms with E-state index < -0.39 is 46.3 Å². The topological polar surface area (TPSA) is 64.9 Å². The fourth-order valence-electron chi connectivity index (χ4n) is 2.18. The van der Waals surface area contributed by atoms with E-state index in [1.165, 1.54) is 18.2 Å². The Morgan fingerprint density at radius 3 is 1.82 bits per heavy atom.